The van der Waals surface area contributed by atoms with Gasteiger partial charge in [-0.1, -0.05) is 17.3 Å². The van der Waals surface area contributed by atoms with E-state index in [0.717, 1.165) is 23.5 Å². The second-order valence-corrected chi connectivity index (χ2v) is 5.29. The summed E-state index contributed by atoms with van der Waals surface area (Å²) >= 11 is 1.75. The van der Waals surface area contributed by atoms with Gasteiger partial charge in [-0.3, -0.25) is 0 Å². The molecular formula is C14H19N3O2S. The molecule has 0 aliphatic heterocycles. The highest BCUT2D eigenvalue weighted by Gasteiger charge is 2.15. The maximum atomic E-state index is 6.02. The second kappa shape index (κ2) is 7.31. The first-order valence-corrected chi connectivity index (χ1v) is 7.95. The Labute approximate surface area is 122 Å². The molecule has 1 atom stereocenters. The van der Waals surface area contributed by atoms with Crippen molar-refractivity contribution < 1.29 is 9.26 Å². The summed E-state index contributed by atoms with van der Waals surface area (Å²) in [6.07, 6.45) is 2.87. The van der Waals surface area contributed by atoms with Gasteiger partial charge in [0.1, 0.15) is 5.75 Å². The molecule has 0 bridgehead atoms. The van der Waals surface area contributed by atoms with E-state index < -0.39 is 0 Å². The van der Waals surface area contributed by atoms with Crippen LogP contribution < -0.4 is 10.5 Å². The predicted molar refractivity (Wildman–Crippen MR) is 80.8 cm³/mol. The number of thioether (sulfide) groups is 1. The molecule has 1 aromatic heterocycles. The van der Waals surface area contributed by atoms with Gasteiger partial charge in [0.25, 0.3) is 0 Å². The molecule has 0 aliphatic carbocycles. The van der Waals surface area contributed by atoms with Gasteiger partial charge in [0.05, 0.1) is 12.6 Å². The van der Waals surface area contributed by atoms with Crippen LogP contribution in [0.25, 0.3) is 11.4 Å². The first kappa shape index (κ1) is 14.9. The average molecular weight is 293 g/mol. The standard InChI is InChI=1S/C14H19N3O2S/c1-3-18-11-6-4-5-10(9-11)13-16-14(19-17-13)12(15)7-8-20-2/h4-6,9,12H,3,7-8,15H2,1-2H3/t12-/m1/s1. The molecule has 0 saturated heterocycles. The maximum absolute atomic E-state index is 6.02. The molecule has 0 amide bonds. The highest BCUT2D eigenvalue weighted by molar-refractivity contribution is 7.98. The van der Waals surface area contributed by atoms with Gasteiger partial charge in [-0.2, -0.15) is 16.7 Å². The number of hydrogen-bond donors (Lipinski definition) is 1. The normalized spacial score (nSPS) is 12.3. The Bertz CT molecular complexity index is 545. The largest absolute Gasteiger partial charge is 0.494 e. The van der Waals surface area contributed by atoms with E-state index in [4.69, 9.17) is 15.0 Å². The molecule has 0 radical (unpaired) electrons. The first-order chi connectivity index (χ1) is 9.74. The smallest absolute Gasteiger partial charge is 0.243 e. The van der Waals surface area contributed by atoms with Crippen LogP contribution in [0.1, 0.15) is 25.3 Å². The molecule has 5 nitrogen and oxygen atoms in total. The molecule has 1 aromatic carbocycles. The Kier molecular flexibility index (Phi) is 5.43. The van der Waals surface area contributed by atoms with Crippen molar-refractivity contribution in [3.8, 4) is 17.1 Å². The summed E-state index contributed by atoms with van der Waals surface area (Å²) in [6, 6.07) is 7.41. The number of aromatic nitrogens is 2. The minimum Gasteiger partial charge on any atom is -0.494 e. The Morgan fingerprint density at radius 1 is 1.45 bits per heavy atom. The molecule has 0 spiro atoms. The summed E-state index contributed by atoms with van der Waals surface area (Å²) in [5, 5.41) is 3.99. The third-order valence-corrected chi connectivity index (χ3v) is 3.44. The number of hydrogen-bond acceptors (Lipinski definition) is 6. The van der Waals surface area contributed by atoms with Crippen molar-refractivity contribution in [3.63, 3.8) is 0 Å². The zero-order chi connectivity index (χ0) is 14.4. The summed E-state index contributed by atoms with van der Waals surface area (Å²) in [4.78, 5) is 4.37. The molecule has 0 fully saturated rings. The van der Waals surface area contributed by atoms with Gasteiger partial charge in [-0.05, 0) is 37.5 Å². The Balaban J connectivity index is 2.13. The van der Waals surface area contributed by atoms with Crippen LogP contribution >= 0.6 is 11.8 Å². The molecule has 20 heavy (non-hydrogen) atoms. The van der Waals surface area contributed by atoms with Crippen molar-refractivity contribution in [2.45, 2.75) is 19.4 Å². The summed E-state index contributed by atoms with van der Waals surface area (Å²) in [6.45, 7) is 2.57. The maximum Gasteiger partial charge on any atom is 0.243 e. The monoisotopic (exact) mass is 293 g/mol. The highest BCUT2D eigenvalue weighted by Crippen LogP contribution is 2.23. The van der Waals surface area contributed by atoms with Crippen LogP contribution in [0.3, 0.4) is 0 Å². The van der Waals surface area contributed by atoms with Gasteiger partial charge in [0.15, 0.2) is 0 Å². The zero-order valence-corrected chi connectivity index (χ0v) is 12.5. The summed E-state index contributed by atoms with van der Waals surface area (Å²) in [5.74, 6) is 2.79. The summed E-state index contributed by atoms with van der Waals surface area (Å²) < 4.78 is 10.7. The van der Waals surface area contributed by atoms with Crippen LogP contribution in [0.2, 0.25) is 0 Å². The lowest BCUT2D eigenvalue weighted by Gasteiger charge is -2.04. The van der Waals surface area contributed by atoms with Crippen molar-refractivity contribution in [3.05, 3.63) is 30.2 Å². The molecule has 1 heterocycles. The van der Waals surface area contributed by atoms with Crippen LogP contribution in [0.5, 0.6) is 5.75 Å². The average Bonchev–Trinajstić information content (AvgIpc) is 2.95. The van der Waals surface area contributed by atoms with Crippen LogP contribution in [-0.2, 0) is 0 Å². The molecule has 2 N–H and O–H groups in total. The third kappa shape index (κ3) is 3.74. The van der Waals surface area contributed by atoms with Crippen molar-refractivity contribution >= 4 is 11.8 Å². The van der Waals surface area contributed by atoms with Crippen LogP contribution in [0, 0.1) is 0 Å². The topological polar surface area (TPSA) is 74.2 Å². The number of nitrogens with two attached hydrogens (primary N) is 1. The summed E-state index contributed by atoms with van der Waals surface area (Å²) in [7, 11) is 0. The third-order valence-electron chi connectivity index (χ3n) is 2.80. The lowest BCUT2D eigenvalue weighted by molar-refractivity contribution is 0.340. The van der Waals surface area contributed by atoms with Crippen LogP contribution in [-0.4, -0.2) is 28.8 Å². The predicted octanol–water partition coefficient (Wildman–Crippen LogP) is 2.89. The minimum atomic E-state index is -0.209. The van der Waals surface area contributed by atoms with E-state index in [9.17, 15) is 0 Å². The SMILES string of the molecule is CCOc1cccc(-c2noc([C@H](N)CCSC)n2)c1. The Morgan fingerprint density at radius 2 is 2.30 bits per heavy atom. The fourth-order valence-electron chi connectivity index (χ4n) is 1.76. The van der Waals surface area contributed by atoms with Gasteiger partial charge in [0.2, 0.25) is 11.7 Å². The fourth-order valence-corrected chi connectivity index (χ4v) is 2.25. The molecule has 2 aromatic rings. The second-order valence-electron chi connectivity index (χ2n) is 4.31. The van der Waals surface area contributed by atoms with E-state index in [1.807, 2.05) is 37.4 Å². The molecule has 2 rings (SSSR count). The lowest BCUT2D eigenvalue weighted by atomic mass is 10.2. The number of benzene rings is 1. The van der Waals surface area contributed by atoms with Gasteiger partial charge >= 0.3 is 0 Å². The van der Waals surface area contributed by atoms with Crippen LogP contribution in [0.15, 0.2) is 28.8 Å². The van der Waals surface area contributed by atoms with Crippen molar-refractivity contribution in [1.29, 1.82) is 0 Å². The van der Waals surface area contributed by atoms with Gasteiger partial charge in [0, 0.05) is 5.56 Å². The van der Waals surface area contributed by atoms with E-state index in [-0.39, 0.29) is 6.04 Å². The minimum absolute atomic E-state index is 0.209. The van der Waals surface area contributed by atoms with Crippen molar-refractivity contribution in [2.75, 3.05) is 18.6 Å². The van der Waals surface area contributed by atoms with E-state index in [1.54, 1.807) is 11.8 Å². The molecule has 0 saturated carbocycles. The van der Waals surface area contributed by atoms with Crippen molar-refractivity contribution in [1.82, 2.24) is 10.1 Å². The van der Waals surface area contributed by atoms with Gasteiger partial charge in [-0.15, -0.1) is 0 Å². The quantitative estimate of drug-likeness (QED) is 0.846. The summed E-state index contributed by atoms with van der Waals surface area (Å²) in [5.41, 5.74) is 6.88. The van der Waals surface area contributed by atoms with E-state index >= 15 is 0 Å². The lowest BCUT2D eigenvalue weighted by Crippen LogP contribution is -2.11. The van der Waals surface area contributed by atoms with Gasteiger partial charge < -0.3 is 15.0 Å². The van der Waals surface area contributed by atoms with E-state index in [2.05, 4.69) is 10.1 Å². The number of rotatable bonds is 7. The number of ether oxygens (including phenoxy) is 1. The molecular weight excluding hydrogens is 274 g/mol. The molecule has 6 heteroatoms. The fraction of sp³-hybridized carbons (Fsp3) is 0.429. The van der Waals surface area contributed by atoms with E-state index in [0.29, 0.717) is 18.3 Å². The van der Waals surface area contributed by atoms with Crippen LogP contribution in [0.4, 0.5) is 0 Å². The van der Waals surface area contributed by atoms with Gasteiger partial charge in [-0.25, -0.2) is 0 Å². The van der Waals surface area contributed by atoms with E-state index in [1.165, 1.54) is 0 Å². The number of nitrogens with zero attached hydrogens (tertiary/aromatic N) is 2. The molecule has 108 valence electrons. The van der Waals surface area contributed by atoms with Crippen molar-refractivity contribution in [2.24, 2.45) is 5.73 Å². The Morgan fingerprint density at radius 3 is 3.05 bits per heavy atom. The molecule has 0 unspecified atom stereocenters. The zero-order valence-electron chi connectivity index (χ0n) is 11.7. The molecule has 0 aliphatic rings. The highest BCUT2D eigenvalue weighted by atomic mass is 32.2. The Hall–Kier alpha value is -1.53. The first-order valence-electron chi connectivity index (χ1n) is 6.56.